The predicted octanol–water partition coefficient (Wildman–Crippen LogP) is 4.89. The number of thiophene rings is 1. The van der Waals surface area contributed by atoms with Gasteiger partial charge in [-0.05, 0) is 59.6 Å². The molecule has 0 saturated carbocycles. The van der Waals surface area contributed by atoms with Crippen molar-refractivity contribution in [1.82, 2.24) is 4.57 Å². The van der Waals surface area contributed by atoms with Gasteiger partial charge in [0.1, 0.15) is 17.6 Å². The molecule has 0 N–H and O–H groups in total. The number of esters is 1. The molecule has 0 saturated heterocycles. The summed E-state index contributed by atoms with van der Waals surface area (Å²) in [6.07, 6.45) is 0. The number of sulfone groups is 1. The first kappa shape index (κ1) is 21.3. The van der Waals surface area contributed by atoms with Crippen LogP contribution in [0, 0.1) is 12.7 Å². The number of carbonyl (C=O) groups is 1. The van der Waals surface area contributed by atoms with Crippen molar-refractivity contribution in [2.45, 2.75) is 23.6 Å². The van der Waals surface area contributed by atoms with Gasteiger partial charge in [0.05, 0.1) is 12.0 Å². The third-order valence-electron chi connectivity index (χ3n) is 5.34. The van der Waals surface area contributed by atoms with Crippen LogP contribution in [0.1, 0.15) is 22.1 Å². The molecule has 160 valence electrons. The monoisotopic (exact) mass is 457 g/mol. The van der Waals surface area contributed by atoms with Crippen LogP contribution in [0.15, 0.2) is 70.3 Å². The number of fused-ring (bicyclic) bond motifs is 1. The van der Waals surface area contributed by atoms with Crippen molar-refractivity contribution in [3.05, 3.63) is 88.0 Å². The van der Waals surface area contributed by atoms with Gasteiger partial charge in [0.2, 0.25) is 0 Å². The topological polar surface area (TPSA) is 65.4 Å². The van der Waals surface area contributed by atoms with Gasteiger partial charge in [-0.2, -0.15) is 11.3 Å². The maximum absolute atomic E-state index is 14.3. The zero-order valence-corrected chi connectivity index (χ0v) is 18.5. The molecule has 0 radical (unpaired) electrons. The number of halogens is 1. The Morgan fingerprint density at radius 1 is 1.16 bits per heavy atom. The first-order chi connectivity index (χ1) is 14.8. The van der Waals surface area contributed by atoms with Crippen LogP contribution in [0.3, 0.4) is 0 Å². The van der Waals surface area contributed by atoms with Crippen molar-refractivity contribution in [3.63, 3.8) is 0 Å². The van der Waals surface area contributed by atoms with E-state index < -0.39 is 26.9 Å². The van der Waals surface area contributed by atoms with Gasteiger partial charge in [0, 0.05) is 22.2 Å². The van der Waals surface area contributed by atoms with E-state index in [9.17, 15) is 17.6 Å². The van der Waals surface area contributed by atoms with Gasteiger partial charge in [-0.25, -0.2) is 12.8 Å². The number of ether oxygens (including phenoxy) is 1. The third kappa shape index (κ3) is 3.77. The van der Waals surface area contributed by atoms with E-state index in [1.54, 1.807) is 59.3 Å². The van der Waals surface area contributed by atoms with Gasteiger partial charge in [0.15, 0.2) is 9.84 Å². The van der Waals surface area contributed by atoms with E-state index in [-0.39, 0.29) is 11.4 Å². The second-order valence-corrected chi connectivity index (χ2v) is 9.93. The molecule has 0 fully saturated rings. The molecular formula is C23H20FNO4S2. The van der Waals surface area contributed by atoms with E-state index in [4.69, 9.17) is 4.74 Å². The smallest absolute Gasteiger partial charge is 0.325 e. The predicted molar refractivity (Wildman–Crippen MR) is 118 cm³/mol. The number of rotatable bonds is 6. The Kier molecular flexibility index (Phi) is 5.68. The Morgan fingerprint density at radius 3 is 2.55 bits per heavy atom. The van der Waals surface area contributed by atoms with Crippen molar-refractivity contribution in [2.24, 2.45) is 0 Å². The number of hydrogen-bond donors (Lipinski definition) is 0. The molecule has 2 aromatic carbocycles. The van der Waals surface area contributed by atoms with Crippen molar-refractivity contribution in [1.29, 1.82) is 0 Å². The van der Waals surface area contributed by atoms with Gasteiger partial charge in [-0.1, -0.05) is 18.2 Å². The summed E-state index contributed by atoms with van der Waals surface area (Å²) in [4.78, 5) is 12.2. The third-order valence-corrected chi connectivity index (χ3v) is 8.10. The fraction of sp³-hybridized carbons (Fsp3) is 0.174. The van der Waals surface area contributed by atoms with Crippen LogP contribution in [0.25, 0.3) is 10.9 Å². The van der Waals surface area contributed by atoms with Gasteiger partial charge in [0.25, 0.3) is 0 Å². The Hall–Kier alpha value is -2.97. The van der Waals surface area contributed by atoms with E-state index in [0.29, 0.717) is 27.7 Å². The molecule has 4 rings (SSSR count). The lowest BCUT2D eigenvalue weighted by Crippen LogP contribution is -2.17. The zero-order chi connectivity index (χ0) is 22.2. The van der Waals surface area contributed by atoms with E-state index in [0.717, 1.165) is 0 Å². The minimum absolute atomic E-state index is 0.105. The highest BCUT2D eigenvalue weighted by atomic mass is 32.2. The van der Waals surface area contributed by atoms with Crippen LogP contribution in [-0.4, -0.2) is 26.1 Å². The van der Waals surface area contributed by atoms with Crippen molar-refractivity contribution >= 4 is 38.0 Å². The molecule has 0 aliphatic carbocycles. The molecule has 0 amide bonds. The summed E-state index contributed by atoms with van der Waals surface area (Å²) in [5.41, 5.74) is 2.20. The molecule has 31 heavy (non-hydrogen) atoms. The maximum Gasteiger partial charge on any atom is 0.325 e. The molecular weight excluding hydrogens is 437 g/mol. The van der Waals surface area contributed by atoms with Gasteiger partial charge < -0.3 is 9.30 Å². The fourth-order valence-electron chi connectivity index (χ4n) is 3.88. The minimum Gasteiger partial charge on any atom is -0.468 e. The molecule has 1 unspecified atom stereocenters. The summed E-state index contributed by atoms with van der Waals surface area (Å²) in [7, 11) is -2.58. The zero-order valence-electron chi connectivity index (χ0n) is 16.9. The van der Waals surface area contributed by atoms with E-state index in [1.165, 1.54) is 30.6 Å². The summed E-state index contributed by atoms with van der Waals surface area (Å²) in [5.74, 6) is -0.959. The average molecular weight is 458 g/mol. The molecule has 0 spiro atoms. The maximum atomic E-state index is 14.3. The highest BCUT2D eigenvalue weighted by molar-refractivity contribution is 7.92. The molecule has 2 heterocycles. The van der Waals surface area contributed by atoms with E-state index >= 15 is 0 Å². The lowest BCUT2D eigenvalue weighted by Gasteiger charge is -2.19. The largest absolute Gasteiger partial charge is 0.468 e. The quantitative estimate of drug-likeness (QED) is 0.387. The molecule has 0 aliphatic heterocycles. The fourth-order valence-corrected chi connectivity index (χ4v) is 6.57. The highest BCUT2D eigenvalue weighted by Crippen LogP contribution is 2.42. The highest BCUT2D eigenvalue weighted by Gasteiger charge is 2.35. The lowest BCUT2D eigenvalue weighted by molar-refractivity contribution is -0.141. The van der Waals surface area contributed by atoms with Crippen LogP contribution >= 0.6 is 11.3 Å². The lowest BCUT2D eigenvalue weighted by atomic mass is 10.0. The Balaban J connectivity index is 2.05. The molecule has 5 nitrogen and oxygen atoms in total. The van der Waals surface area contributed by atoms with Crippen molar-refractivity contribution in [3.8, 4) is 0 Å². The summed E-state index contributed by atoms with van der Waals surface area (Å²) < 4.78 is 48.4. The van der Waals surface area contributed by atoms with Gasteiger partial charge >= 0.3 is 5.97 Å². The first-order valence-electron chi connectivity index (χ1n) is 9.50. The summed E-state index contributed by atoms with van der Waals surface area (Å²) in [5, 5.41) is 3.00. The van der Waals surface area contributed by atoms with Crippen LogP contribution < -0.4 is 0 Å². The van der Waals surface area contributed by atoms with Crippen LogP contribution in [0.5, 0.6) is 0 Å². The van der Waals surface area contributed by atoms with Crippen LogP contribution in [0.2, 0.25) is 0 Å². The molecule has 0 bridgehead atoms. The summed E-state index contributed by atoms with van der Waals surface area (Å²) >= 11 is 1.39. The summed E-state index contributed by atoms with van der Waals surface area (Å²) in [6, 6.07) is 14.1. The first-order valence-corrected chi connectivity index (χ1v) is 12.0. The second kappa shape index (κ2) is 8.28. The Bertz CT molecular complexity index is 1340. The normalized spacial score (nSPS) is 12.7. The molecule has 0 aliphatic rings. The minimum atomic E-state index is -3.87. The van der Waals surface area contributed by atoms with Crippen LogP contribution in [-0.2, 0) is 25.9 Å². The number of nitrogens with zero attached hydrogens (tertiary/aromatic N) is 1. The van der Waals surface area contributed by atoms with Crippen molar-refractivity contribution in [2.75, 3.05) is 7.11 Å². The SMILES string of the molecule is COC(=O)Cn1c(C)c(C(c2ccsc2)S(=O)(=O)c2ccccc2)c2cc(F)ccc21. The average Bonchev–Trinajstić information content (AvgIpc) is 3.37. The number of hydrogen-bond acceptors (Lipinski definition) is 5. The van der Waals surface area contributed by atoms with Gasteiger partial charge in [-0.3, -0.25) is 4.79 Å². The number of benzene rings is 2. The summed E-state index contributed by atoms with van der Waals surface area (Å²) in [6.45, 7) is 1.64. The van der Waals surface area contributed by atoms with E-state index in [2.05, 4.69) is 0 Å². The van der Waals surface area contributed by atoms with Crippen LogP contribution in [0.4, 0.5) is 4.39 Å². The Labute approximate surface area is 183 Å². The standard InChI is InChI=1S/C23H20FNO4S2/c1-15-22(19-12-17(24)8-9-20(19)25(15)13-21(26)29-2)23(16-10-11-30-14-16)31(27,28)18-6-4-3-5-7-18/h3-12,14,23H,13H2,1-2H3. The molecule has 2 aromatic heterocycles. The molecule has 1 atom stereocenters. The van der Waals surface area contributed by atoms with Gasteiger partial charge in [-0.15, -0.1) is 0 Å². The number of carbonyl (C=O) groups excluding carboxylic acids is 1. The Morgan fingerprint density at radius 2 is 1.90 bits per heavy atom. The number of methoxy groups -OCH3 is 1. The van der Waals surface area contributed by atoms with E-state index in [1.807, 2.05) is 5.38 Å². The van der Waals surface area contributed by atoms with Crippen molar-refractivity contribution < 1.29 is 22.3 Å². The second-order valence-electron chi connectivity index (χ2n) is 7.12. The molecule has 4 aromatic rings. The molecule has 8 heteroatoms. The number of aromatic nitrogens is 1.